The SMILES string of the molecule is CO/N=C(\C)c1ccc(C(F)(F)F)c(F)c1.CO/N=C(\C)c1ccc(Cl)c(Cl)c1.CO/N=C(\C)c1ccc(F)cc1C(F)(F)F. The number of hydrogen-bond donors (Lipinski definition) is 0. The first kappa shape index (κ1) is 39.1. The zero-order chi connectivity index (χ0) is 34.5. The number of alkyl halides is 6. The summed E-state index contributed by atoms with van der Waals surface area (Å²) in [7, 11) is 4.02. The molecular weight excluding hydrogens is 661 g/mol. The van der Waals surface area contributed by atoms with E-state index in [0.717, 1.165) is 35.5 Å². The van der Waals surface area contributed by atoms with Crippen LogP contribution in [0.5, 0.6) is 0 Å². The molecule has 0 spiro atoms. The molecule has 0 aliphatic carbocycles. The molecule has 3 aromatic carbocycles. The zero-order valence-electron chi connectivity index (χ0n) is 24.5. The molecule has 0 radical (unpaired) electrons. The Morgan fingerprint density at radius 1 is 0.578 bits per heavy atom. The minimum atomic E-state index is -4.69. The van der Waals surface area contributed by atoms with Gasteiger partial charge in [0, 0.05) is 16.7 Å². The van der Waals surface area contributed by atoms with Crippen molar-refractivity contribution < 1.29 is 49.6 Å². The van der Waals surface area contributed by atoms with Crippen LogP contribution < -0.4 is 0 Å². The van der Waals surface area contributed by atoms with Gasteiger partial charge in [-0.05, 0) is 63.2 Å². The fourth-order valence-corrected chi connectivity index (χ4v) is 3.62. The first-order valence-electron chi connectivity index (χ1n) is 12.3. The Hall–Kier alpha value is -3.91. The lowest BCUT2D eigenvalue weighted by Crippen LogP contribution is -2.12. The van der Waals surface area contributed by atoms with Crippen molar-refractivity contribution in [1.29, 1.82) is 0 Å². The van der Waals surface area contributed by atoms with Crippen LogP contribution in [0.4, 0.5) is 35.1 Å². The van der Waals surface area contributed by atoms with Crippen LogP contribution in [0.1, 0.15) is 48.6 Å². The molecule has 0 aliphatic heterocycles. The predicted octanol–water partition coefficient (Wildman–Crippen LogP) is 9.79. The molecule has 0 amide bonds. The molecule has 246 valence electrons. The Bertz CT molecular complexity index is 1530. The molecule has 3 aromatic rings. The predicted molar refractivity (Wildman–Crippen MR) is 157 cm³/mol. The van der Waals surface area contributed by atoms with Gasteiger partial charge in [-0.25, -0.2) is 8.78 Å². The van der Waals surface area contributed by atoms with Gasteiger partial charge in [-0.15, -0.1) is 0 Å². The van der Waals surface area contributed by atoms with Gasteiger partial charge >= 0.3 is 12.4 Å². The highest BCUT2D eigenvalue weighted by Crippen LogP contribution is 2.33. The topological polar surface area (TPSA) is 64.8 Å². The molecular formula is C29H27Cl2F8N3O3. The van der Waals surface area contributed by atoms with Crippen molar-refractivity contribution >= 4 is 40.3 Å². The quantitative estimate of drug-likeness (QED) is 0.147. The second kappa shape index (κ2) is 17.5. The van der Waals surface area contributed by atoms with Gasteiger partial charge in [0.2, 0.25) is 0 Å². The average Bonchev–Trinajstić information content (AvgIpc) is 2.94. The Labute approximate surface area is 263 Å². The number of benzene rings is 3. The first-order valence-corrected chi connectivity index (χ1v) is 13.1. The van der Waals surface area contributed by atoms with E-state index in [4.69, 9.17) is 23.2 Å². The number of halogens is 10. The van der Waals surface area contributed by atoms with Crippen LogP contribution in [0.15, 0.2) is 70.1 Å². The van der Waals surface area contributed by atoms with E-state index >= 15 is 0 Å². The molecule has 0 aromatic heterocycles. The van der Waals surface area contributed by atoms with Gasteiger partial charge in [0.05, 0.1) is 38.3 Å². The first-order chi connectivity index (χ1) is 20.9. The lowest BCUT2D eigenvalue weighted by molar-refractivity contribution is -0.140. The minimum Gasteiger partial charge on any atom is -0.399 e. The molecule has 45 heavy (non-hydrogen) atoms. The summed E-state index contributed by atoms with van der Waals surface area (Å²) < 4.78 is 100. The smallest absolute Gasteiger partial charge is 0.399 e. The number of hydrogen-bond acceptors (Lipinski definition) is 6. The summed E-state index contributed by atoms with van der Waals surface area (Å²) in [5, 5.41) is 11.7. The van der Waals surface area contributed by atoms with Crippen LogP contribution in [0.25, 0.3) is 0 Å². The average molecular weight is 688 g/mol. The van der Waals surface area contributed by atoms with Gasteiger partial charge in [-0.1, -0.05) is 50.8 Å². The maximum atomic E-state index is 13.1. The molecule has 0 saturated heterocycles. The third kappa shape index (κ3) is 12.5. The van der Waals surface area contributed by atoms with E-state index in [2.05, 4.69) is 30.0 Å². The van der Waals surface area contributed by atoms with Crippen molar-refractivity contribution in [1.82, 2.24) is 0 Å². The molecule has 3 rings (SSSR count). The van der Waals surface area contributed by atoms with Crippen LogP contribution in [-0.2, 0) is 26.9 Å². The van der Waals surface area contributed by atoms with E-state index in [1.165, 1.54) is 35.2 Å². The van der Waals surface area contributed by atoms with Crippen LogP contribution in [0, 0.1) is 11.6 Å². The molecule has 0 bridgehead atoms. The summed E-state index contributed by atoms with van der Waals surface area (Å²) in [5.41, 5.74) is -0.308. The van der Waals surface area contributed by atoms with Crippen molar-refractivity contribution in [3.8, 4) is 0 Å². The third-order valence-electron chi connectivity index (χ3n) is 5.39. The lowest BCUT2D eigenvalue weighted by atomic mass is 10.0. The van der Waals surface area contributed by atoms with Gasteiger partial charge < -0.3 is 14.5 Å². The summed E-state index contributed by atoms with van der Waals surface area (Å²) in [6.45, 7) is 4.70. The highest BCUT2D eigenvalue weighted by molar-refractivity contribution is 6.42. The monoisotopic (exact) mass is 687 g/mol. The van der Waals surface area contributed by atoms with Gasteiger partial charge in [0.15, 0.2) is 0 Å². The summed E-state index contributed by atoms with van der Waals surface area (Å²) in [6, 6.07) is 10.3. The number of rotatable bonds is 6. The van der Waals surface area contributed by atoms with Crippen LogP contribution in [-0.4, -0.2) is 38.5 Å². The molecule has 16 heteroatoms. The standard InChI is InChI=1S/2C10H9F4NO.C9H9Cl2NO/c1-6(15-16-2)8-4-3-7(11)5-9(8)10(12,13)14;1-6(15-16-2)7-3-4-8(9(11)5-7)10(12,13)14;1-6(12-13-2)7-3-4-8(10)9(11)5-7/h2*3-5H,1-2H3;3-5H,1-2H3/b2*15-6+;12-6+. The van der Waals surface area contributed by atoms with Crippen molar-refractivity contribution in [3.63, 3.8) is 0 Å². The van der Waals surface area contributed by atoms with Crippen molar-refractivity contribution in [2.75, 3.05) is 21.3 Å². The molecule has 0 unspecified atom stereocenters. The lowest BCUT2D eigenvalue weighted by Gasteiger charge is -2.12. The second-order valence-corrected chi connectivity index (χ2v) is 9.40. The van der Waals surface area contributed by atoms with E-state index in [1.54, 1.807) is 12.1 Å². The van der Waals surface area contributed by atoms with E-state index in [9.17, 15) is 35.1 Å². The molecule has 0 heterocycles. The van der Waals surface area contributed by atoms with E-state index in [1.807, 2.05) is 13.0 Å². The normalized spacial score (nSPS) is 12.4. The maximum Gasteiger partial charge on any atom is 0.419 e. The molecule has 0 fully saturated rings. The number of nitrogens with zero attached hydrogens (tertiary/aromatic N) is 3. The van der Waals surface area contributed by atoms with Crippen LogP contribution in [0.2, 0.25) is 10.0 Å². The van der Waals surface area contributed by atoms with Crippen molar-refractivity contribution in [2.45, 2.75) is 33.1 Å². The summed E-state index contributed by atoms with van der Waals surface area (Å²) >= 11 is 11.6. The van der Waals surface area contributed by atoms with Crippen LogP contribution >= 0.6 is 23.2 Å². The van der Waals surface area contributed by atoms with E-state index in [0.29, 0.717) is 27.9 Å². The third-order valence-corrected chi connectivity index (χ3v) is 6.13. The fourth-order valence-electron chi connectivity index (χ4n) is 3.32. The molecule has 6 nitrogen and oxygen atoms in total. The zero-order valence-corrected chi connectivity index (χ0v) is 26.1. The van der Waals surface area contributed by atoms with E-state index < -0.39 is 35.1 Å². The Morgan fingerprint density at radius 3 is 1.49 bits per heavy atom. The minimum absolute atomic E-state index is 0.0369. The Kier molecular flexibility index (Phi) is 15.2. The second-order valence-electron chi connectivity index (χ2n) is 8.59. The Morgan fingerprint density at radius 2 is 1.04 bits per heavy atom. The van der Waals surface area contributed by atoms with Crippen molar-refractivity contribution in [2.24, 2.45) is 15.5 Å². The molecule has 0 N–H and O–H groups in total. The van der Waals surface area contributed by atoms with Crippen molar-refractivity contribution in [3.05, 3.63) is 104 Å². The summed E-state index contributed by atoms with van der Waals surface area (Å²) in [5.74, 6) is -2.27. The summed E-state index contributed by atoms with van der Waals surface area (Å²) in [6.07, 6.45) is -9.31. The highest BCUT2D eigenvalue weighted by Gasteiger charge is 2.35. The maximum absolute atomic E-state index is 13.1. The molecule has 0 atom stereocenters. The van der Waals surface area contributed by atoms with Gasteiger partial charge in [0.25, 0.3) is 0 Å². The highest BCUT2D eigenvalue weighted by atomic mass is 35.5. The van der Waals surface area contributed by atoms with Gasteiger partial charge in [-0.2, -0.15) is 26.3 Å². The van der Waals surface area contributed by atoms with Crippen LogP contribution in [0.3, 0.4) is 0 Å². The van der Waals surface area contributed by atoms with Gasteiger partial charge in [-0.3, -0.25) is 0 Å². The molecule has 0 aliphatic rings. The van der Waals surface area contributed by atoms with E-state index in [-0.39, 0.29) is 16.8 Å². The van der Waals surface area contributed by atoms with Gasteiger partial charge in [0.1, 0.15) is 33.0 Å². The largest absolute Gasteiger partial charge is 0.419 e. The number of oxime groups is 3. The summed E-state index contributed by atoms with van der Waals surface area (Å²) in [4.78, 5) is 13.5. The molecule has 0 saturated carbocycles. The Balaban J connectivity index is 0.000000340. The fraction of sp³-hybridized carbons (Fsp3) is 0.276.